The summed E-state index contributed by atoms with van der Waals surface area (Å²) in [6.45, 7) is 3.24. The molecule has 1 N–H and O–H groups in total. The number of carbonyl (C=O) groups excluding carboxylic acids is 2. The van der Waals surface area contributed by atoms with E-state index >= 15 is 0 Å². The minimum atomic E-state index is -0.298. The average molecular weight is 239 g/mol. The van der Waals surface area contributed by atoms with E-state index in [9.17, 15) is 9.59 Å². The molecule has 5 heteroatoms. The molecule has 0 aromatic rings. The van der Waals surface area contributed by atoms with E-state index in [0.29, 0.717) is 18.5 Å². The Morgan fingerprint density at radius 2 is 2.00 bits per heavy atom. The molecule has 2 fully saturated rings. The second-order valence-electron chi connectivity index (χ2n) is 5.27. The molecule has 3 unspecified atom stereocenters. The number of nitrogens with zero attached hydrogens (tertiary/aromatic N) is 2. The number of nitrogens with one attached hydrogen (secondary N) is 1. The predicted octanol–water partition coefficient (Wildman–Crippen LogP) is -0.184. The van der Waals surface area contributed by atoms with Crippen LogP contribution in [-0.4, -0.2) is 60.4 Å². The zero-order valence-corrected chi connectivity index (χ0v) is 10.8. The highest BCUT2D eigenvalue weighted by Crippen LogP contribution is 2.18. The molecular formula is C12H21N3O2. The molecule has 5 nitrogen and oxygen atoms in total. The first-order valence-corrected chi connectivity index (χ1v) is 6.25. The summed E-state index contributed by atoms with van der Waals surface area (Å²) in [4.78, 5) is 26.7. The third-order valence-corrected chi connectivity index (χ3v) is 4.03. The summed E-state index contributed by atoms with van der Waals surface area (Å²) < 4.78 is 0. The number of carbonyl (C=O) groups is 2. The average Bonchev–Trinajstić information content (AvgIpc) is 2.52. The topological polar surface area (TPSA) is 52.7 Å². The van der Waals surface area contributed by atoms with E-state index in [2.05, 4.69) is 24.2 Å². The molecule has 3 atom stereocenters. The first kappa shape index (κ1) is 12.5. The van der Waals surface area contributed by atoms with Crippen molar-refractivity contribution in [1.29, 1.82) is 0 Å². The lowest BCUT2D eigenvalue weighted by atomic mass is 9.98. The first-order valence-electron chi connectivity index (χ1n) is 6.25. The summed E-state index contributed by atoms with van der Waals surface area (Å²) in [5.74, 6) is -0.157. The van der Waals surface area contributed by atoms with Gasteiger partial charge in [0.25, 0.3) is 0 Å². The van der Waals surface area contributed by atoms with Crippen molar-refractivity contribution >= 4 is 11.8 Å². The fourth-order valence-electron chi connectivity index (χ4n) is 2.61. The van der Waals surface area contributed by atoms with E-state index in [-0.39, 0.29) is 17.9 Å². The van der Waals surface area contributed by atoms with Gasteiger partial charge in [-0.2, -0.15) is 0 Å². The van der Waals surface area contributed by atoms with Crippen LogP contribution in [-0.2, 0) is 9.59 Å². The Labute approximate surface area is 102 Å². The van der Waals surface area contributed by atoms with E-state index in [1.807, 2.05) is 0 Å². The molecule has 0 aromatic heterocycles. The Hall–Kier alpha value is -0.940. The van der Waals surface area contributed by atoms with E-state index in [0.717, 1.165) is 19.4 Å². The lowest BCUT2D eigenvalue weighted by Crippen LogP contribution is -2.50. The molecule has 2 aliphatic rings. The van der Waals surface area contributed by atoms with Crippen LogP contribution in [0.25, 0.3) is 0 Å². The molecule has 0 radical (unpaired) electrons. The maximum Gasteiger partial charge on any atom is 0.246 e. The SMILES string of the molecule is CC1CC(NC2CC(=O)N(C)C2=O)CCN1C. The lowest BCUT2D eigenvalue weighted by Gasteiger charge is -2.36. The van der Waals surface area contributed by atoms with Crippen LogP contribution in [0.4, 0.5) is 0 Å². The van der Waals surface area contributed by atoms with Gasteiger partial charge < -0.3 is 10.2 Å². The van der Waals surface area contributed by atoms with Crippen LogP contribution in [0.1, 0.15) is 26.2 Å². The number of likely N-dealkylation sites (N-methyl/N-ethyl adjacent to an activating group) is 1. The second kappa shape index (κ2) is 4.74. The van der Waals surface area contributed by atoms with Gasteiger partial charge in [-0.25, -0.2) is 0 Å². The van der Waals surface area contributed by atoms with E-state index in [1.165, 1.54) is 4.90 Å². The minimum absolute atomic E-state index is 0.0755. The standard InChI is InChI=1S/C12H21N3O2/c1-8-6-9(4-5-14(8)2)13-10-7-11(16)15(3)12(10)17/h8-10,13H,4-7H2,1-3H3. The first-order chi connectivity index (χ1) is 7.99. The molecule has 2 saturated heterocycles. The molecule has 2 aliphatic heterocycles. The Kier molecular flexibility index (Phi) is 3.49. The van der Waals surface area contributed by atoms with Crippen molar-refractivity contribution in [2.45, 2.75) is 44.3 Å². The molecule has 0 aromatic carbocycles. The van der Waals surface area contributed by atoms with Crippen LogP contribution >= 0.6 is 0 Å². The molecule has 17 heavy (non-hydrogen) atoms. The van der Waals surface area contributed by atoms with Gasteiger partial charge in [-0.05, 0) is 33.4 Å². The van der Waals surface area contributed by atoms with Gasteiger partial charge in [0.15, 0.2) is 0 Å². The van der Waals surface area contributed by atoms with E-state index < -0.39 is 0 Å². The van der Waals surface area contributed by atoms with Crippen molar-refractivity contribution in [3.05, 3.63) is 0 Å². The number of hydrogen-bond acceptors (Lipinski definition) is 4. The number of hydrogen-bond donors (Lipinski definition) is 1. The highest BCUT2D eigenvalue weighted by molar-refractivity contribution is 6.05. The maximum atomic E-state index is 11.8. The van der Waals surface area contributed by atoms with Gasteiger partial charge in [-0.1, -0.05) is 0 Å². The molecule has 2 amide bonds. The third-order valence-electron chi connectivity index (χ3n) is 4.03. The van der Waals surface area contributed by atoms with Crippen molar-refractivity contribution in [3.63, 3.8) is 0 Å². The number of amides is 2. The molecule has 0 spiro atoms. The van der Waals surface area contributed by atoms with E-state index in [1.54, 1.807) is 7.05 Å². The van der Waals surface area contributed by atoms with Gasteiger partial charge in [0.1, 0.15) is 0 Å². The zero-order chi connectivity index (χ0) is 12.6. The highest BCUT2D eigenvalue weighted by Gasteiger charge is 2.37. The highest BCUT2D eigenvalue weighted by atomic mass is 16.2. The Bertz CT molecular complexity index is 332. The van der Waals surface area contributed by atoms with Crippen molar-refractivity contribution in [2.24, 2.45) is 0 Å². The van der Waals surface area contributed by atoms with Crippen molar-refractivity contribution < 1.29 is 9.59 Å². The fourth-order valence-corrected chi connectivity index (χ4v) is 2.61. The van der Waals surface area contributed by atoms with Gasteiger partial charge >= 0.3 is 0 Å². The normalized spacial score (nSPS) is 35.7. The summed E-state index contributed by atoms with van der Waals surface area (Å²) in [6, 6.07) is 0.591. The van der Waals surface area contributed by atoms with Gasteiger partial charge in [0.05, 0.1) is 12.5 Å². The van der Waals surface area contributed by atoms with Gasteiger partial charge in [-0.15, -0.1) is 0 Å². The molecule has 2 heterocycles. The Balaban J connectivity index is 1.90. The Morgan fingerprint density at radius 3 is 2.53 bits per heavy atom. The van der Waals surface area contributed by atoms with Crippen LogP contribution < -0.4 is 5.32 Å². The van der Waals surface area contributed by atoms with Gasteiger partial charge in [0.2, 0.25) is 11.8 Å². The summed E-state index contributed by atoms with van der Waals surface area (Å²) in [6.07, 6.45) is 2.40. The third kappa shape index (κ3) is 2.50. The summed E-state index contributed by atoms with van der Waals surface area (Å²) in [5, 5.41) is 3.34. The van der Waals surface area contributed by atoms with Crippen LogP contribution in [0.3, 0.4) is 0 Å². The number of imide groups is 1. The fraction of sp³-hybridized carbons (Fsp3) is 0.833. The summed E-state index contributed by atoms with van der Waals surface area (Å²) >= 11 is 0. The molecule has 0 aliphatic carbocycles. The van der Waals surface area contributed by atoms with Crippen LogP contribution in [0.5, 0.6) is 0 Å². The van der Waals surface area contributed by atoms with Crippen molar-refractivity contribution in [3.8, 4) is 0 Å². The number of piperidine rings is 1. The molecule has 0 saturated carbocycles. The second-order valence-corrected chi connectivity index (χ2v) is 5.27. The molecular weight excluding hydrogens is 218 g/mol. The largest absolute Gasteiger partial charge is 0.304 e. The monoisotopic (exact) mass is 239 g/mol. The van der Waals surface area contributed by atoms with Crippen LogP contribution in [0, 0.1) is 0 Å². The molecule has 2 rings (SSSR count). The molecule has 0 bridgehead atoms. The van der Waals surface area contributed by atoms with Crippen molar-refractivity contribution in [1.82, 2.24) is 15.1 Å². The van der Waals surface area contributed by atoms with Gasteiger partial charge in [-0.3, -0.25) is 14.5 Å². The number of rotatable bonds is 2. The lowest BCUT2D eigenvalue weighted by molar-refractivity contribution is -0.137. The van der Waals surface area contributed by atoms with Crippen LogP contribution in [0.2, 0.25) is 0 Å². The predicted molar refractivity (Wildman–Crippen MR) is 64.4 cm³/mol. The van der Waals surface area contributed by atoms with Crippen LogP contribution in [0.15, 0.2) is 0 Å². The summed E-state index contributed by atoms with van der Waals surface area (Å²) in [7, 11) is 3.68. The molecule has 96 valence electrons. The minimum Gasteiger partial charge on any atom is -0.304 e. The van der Waals surface area contributed by atoms with Gasteiger partial charge in [0, 0.05) is 19.1 Å². The van der Waals surface area contributed by atoms with Crippen molar-refractivity contribution in [2.75, 3.05) is 20.6 Å². The maximum absolute atomic E-state index is 11.8. The smallest absolute Gasteiger partial charge is 0.246 e. The zero-order valence-electron chi connectivity index (χ0n) is 10.8. The number of likely N-dealkylation sites (tertiary alicyclic amines) is 2. The summed E-state index contributed by atoms with van der Waals surface area (Å²) in [5.41, 5.74) is 0. The quantitative estimate of drug-likeness (QED) is 0.679. The Morgan fingerprint density at radius 1 is 1.29 bits per heavy atom. The van der Waals surface area contributed by atoms with E-state index in [4.69, 9.17) is 0 Å².